The van der Waals surface area contributed by atoms with Gasteiger partial charge in [-0.25, -0.2) is 4.21 Å². The van der Waals surface area contributed by atoms with Gasteiger partial charge in [-0.2, -0.15) is 0 Å². The van der Waals surface area contributed by atoms with Gasteiger partial charge in [0.15, 0.2) is 0 Å². The number of ether oxygens (including phenoxy) is 2. The summed E-state index contributed by atoms with van der Waals surface area (Å²) in [6.07, 6.45) is 4.68. The highest BCUT2D eigenvalue weighted by molar-refractivity contribution is 7.80. The predicted molar refractivity (Wildman–Crippen MR) is 116 cm³/mol. The zero-order chi connectivity index (χ0) is 22.8. The van der Waals surface area contributed by atoms with Crippen LogP contribution in [0.2, 0.25) is 5.02 Å². The van der Waals surface area contributed by atoms with E-state index >= 15 is 0 Å². The summed E-state index contributed by atoms with van der Waals surface area (Å²) in [6, 6.07) is 3.92. The van der Waals surface area contributed by atoms with Gasteiger partial charge in [-0.05, 0) is 50.0 Å². The fraction of sp³-hybridized carbons (Fsp3) is 0.450. The molecule has 2 N–H and O–H groups in total. The molecule has 1 aliphatic carbocycles. The maximum Gasteiger partial charge on any atom is 0.325 e. The molecule has 170 valence electrons. The van der Waals surface area contributed by atoms with Gasteiger partial charge in [0.05, 0.1) is 30.0 Å². The van der Waals surface area contributed by atoms with Crippen LogP contribution in [0, 0.1) is 0 Å². The van der Waals surface area contributed by atoms with Crippen LogP contribution in [0.5, 0.6) is 0 Å². The Morgan fingerprint density at radius 3 is 2.84 bits per heavy atom. The molecule has 0 aromatic heterocycles. The molecule has 11 heteroatoms. The van der Waals surface area contributed by atoms with E-state index in [1.807, 2.05) is 6.08 Å². The molecule has 31 heavy (non-hydrogen) atoms. The first-order valence-corrected chi connectivity index (χ1v) is 11.2. The van der Waals surface area contributed by atoms with Gasteiger partial charge in [0.25, 0.3) is 23.6 Å². The van der Waals surface area contributed by atoms with E-state index in [1.165, 1.54) is 22.5 Å². The van der Waals surface area contributed by atoms with Gasteiger partial charge in [0.2, 0.25) is 0 Å². The number of nitrogens with one attached hydrogen (secondary N) is 1. The average Bonchev–Trinajstić information content (AvgIpc) is 2.74. The summed E-state index contributed by atoms with van der Waals surface area (Å²) in [7, 11) is 0. The third kappa shape index (κ3) is 7.05. The quantitative estimate of drug-likeness (QED) is 0.167. The Morgan fingerprint density at radius 1 is 1.42 bits per heavy atom. The lowest BCUT2D eigenvalue weighted by atomic mass is 9.91. The highest BCUT2D eigenvalue weighted by Gasteiger charge is 2.30. The molecule has 1 aromatic rings. The molecule has 0 fully saturated rings. The van der Waals surface area contributed by atoms with E-state index in [9.17, 15) is 23.1 Å². The van der Waals surface area contributed by atoms with Crippen molar-refractivity contribution in [2.24, 2.45) is 0 Å². The Hall–Kier alpha value is -2.43. The smallest absolute Gasteiger partial charge is 0.325 e. The number of halogens is 1. The van der Waals surface area contributed by atoms with E-state index in [0.717, 1.165) is 18.4 Å². The summed E-state index contributed by atoms with van der Waals surface area (Å²) < 4.78 is 33.0. The van der Waals surface area contributed by atoms with E-state index in [2.05, 4.69) is 5.32 Å². The Balaban J connectivity index is 2.21. The van der Waals surface area contributed by atoms with Crippen molar-refractivity contribution in [3.63, 3.8) is 0 Å². The van der Waals surface area contributed by atoms with E-state index in [0.29, 0.717) is 25.0 Å². The van der Waals surface area contributed by atoms with Crippen LogP contribution in [0.4, 0.5) is 5.69 Å². The number of carbonyl (C=O) groups excluding carboxylic acids is 3. The van der Waals surface area contributed by atoms with Crippen LogP contribution in [-0.4, -0.2) is 52.9 Å². The van der Waals surface area contributed by atoms with Crippen LogP contribution < -0.4 is 9.62 Å². The second-order valence-electron chi connectivity index (χ2n) is 6.65. The van der Waals surface area contributed by atoms with Gasteiger partial charge >= 0.3 is 5.97 Å². The zero-order valence-electron chi connectivity index (χ0n) is 17.0. The molecule has 0 spiro atoms. The van der Waals surface area contributed by atoms with Gasteiger partial charge in [-0.1, -0.05) is 17.7 Å². The summed E-state index contributed by atoms with van der Waals surface area (Å²) in [5.41, 5.74) is 1.36. The average molecular weight is 473 g/mol. The number of hydrogen-bond donors (Lipinski definition) is 2. The van der Waals surface area contributed by atoms with E-state index in [-0.39, 0.29) is 30.3 Å². The van der Waals surface area contributed by atoms with Crippen molar-refractivity contribution in [3.05, 3.63) is 40.4 Å². The van der Waals surface area contributed by atoms with Crippen molar-refractivity contribution in [2.75, 3.05) is 24.1 Å². The highest BCUT2D eigenvalue weighted by atomic mass is 35.5. The molecule has 2 unspecified atom stereocenters. The van der Waals surface area contributed by atoms with Gasteiger partial charge in [-0.3, -0.25) is 23.2 Å². The van der Waals surface area contributed by atoms with Gasteiger partial charge in [0.1, 0.15) is 6.54 Å². The van der Waals surface area contributed by atoms with Crippen molar-refractivity contribution in [2.45, 2.75) is 38.6 Å². The standard InChI is InChI=1S/C20H25ClN2O7S/c1-2-30-19(25)12-22-20(26)15-7-8-18(16(21)11-15)23(31(27)28)17-6-4-3-5-14(17)9-10-29-13-24/h5,7-8,11,13,17H,2-4,6,9-10,12H2,1H3,(H,22,26)(H,27,28). The summed E-state index contributed by atoms with van der Waals surface area (Å²) >= 11 is 3.99. The third-order valence-corrected chi connectivity index (χ3v) is 5.78. The van der Waals surface area contributed by atoms with Crippen LogP contribution in [0.25, 0.3) is 0 Å². The molecule has 1 aromatic carbocycles. The van der Waals surface area contributed by atoms with Crippen LogP contribution >= 0.6 is 11.6 Å². The van der Waals surface area contributed by atoms with Crippen molar-refractivity contribution >= 4 is 46.9 Å². The molecule has 0 saturated carbocycles. The number of nitrogens with zero attached hydrogens (tertiary/aromatic N) is 1. The first-order valence-electron chi connectivity index (χ1n) is 9.76. The number of carbonyl (C=O) groups is 3. The second-order valence-corrected chi connectivity index (χ2v) is 7.92. The molecule has 0 aliphatic heterocycles. The Kier molecular flexibility index (Phi) is 9.96. The molecule has 0 radical (unpaired) electrons. The van der Waals surface area contributed by atoms with E-state index in [4.69, 9.17) is 21.1 Å². The Morgan fingerprint density at radius 2 is 2.19 bits per heavy atom. The van der Waals surface area contributed by atoms with Crippen molar-refractivity contribution in [3.8, 4) is 0 Å². The molecule has 1 aliphatic rings. The predicted octanol–water partition coefficient (Wildman–Crippen LogP) is 2.62. The summed E-state index contributed by atoms with van der Waals surface area (Å²) in [5, 5.41) is 2.55. The molecule has 2 atom stereocenters. The van der Waals surface area contributed by atoms with Crippen LogP contribution in [0.3, 0.4) is 0 Å². The lowest BCUT2D eigenvalue weighted by Crippen LogP contribution is -2.39. The van der Waals surface area contributed by atoms with Crippen LogP contribution in [0.15, 0.2) is 29.8 Å². The Labute approximate surface area is 188 Å². The fourth-order valence-corrected chi connectivity index (χ4v) is 4.44. The first kappa shape index (κ1) is 24.8. The van der Waals surface area contributed by atoms with Gasteiger partial charge in [-0.15, -0.1) is 0 Å². The number of rotatable bonds is 11. The number of anilines is 1. The molecule has 0 bridgehead atoms. The minimum absolute atomic E-state index is 0.111. The maximum atomic E-state index is 12.3. The monoisotopic (exact) mass is 472 g/mol. The molecule has 1 amide bonds. The molecule has 0 saturated heterocycles. The van der Waals surface area contributed by atoms with Crippen molar-refractivity contribution in [1.29, 1.82) is 0 Å². The normalized spacial score (nSPS) is 16.6. The number of benzene rings is 1. The topological polar surface area (TPSA) is 122 Å². The number of amides is 1. The minimum Gasteiger partial charge on any atom is -0.468 e. The van der Waals surface area contributed by atoms with Crippen LogP contribution in [0.1, 0.15) is 43.0 Å². The number of hydrogen-bond acceptors (Lipinski definition) is 6. The summed E-state index contributed by atoms with van der Waals surface area (Å²) in [5.74, 6) is -1.09. The Bertz CT molecular complexity index is 862. The zero-order valence-corrected chi connectivity index (χ0v) is 18.6. The SMILES string of the molecule is CCOC(=O)CNC(=O)c1ccc(N(C2CCCC=C2CCOC=O)S(=O)O)c(Cl)c1. The van der Waals surface area contributed by atoms with E-state index < -0.39 is 29.2 Å². The van der Waals surface area contributed by atoms with Gasteiger partial charge in [0, 0.05) is 12.0 Å². The maximum absolute atomic E-state index is 12.3. The van der Waals surface area contributed by atoms with E-state index in [1.54, 1.807) is 6.92 Å². The third-order valence-electron chi connectivity index (χ3n) is 4.69. The minimum atomic E-state index is -2.38. The fourth-order valence-electron chi connectivity index (χ4n) is 3.34. The second kappa shape index (κ2) is 12.4. The molecule has 9 nitrogen and oxygen atoms in total. The lowest BCUT2D eigenvalue weighted by Gasteiger charge is -2.34. The molecule has 2 rings (SSSR count). The van der Waals surface area contributed by atoms with Crippen molar-refractivity contribution in [1.82, 2.24) is 5.32 Å². The molecule has 0 heterocycles. The van der Waals surface area contributed by atoms with Crippen LogP contribution in [-0.2, 0) is 30.3 Å². The lowest BCUT2D eigenvalue weighted by molar-refractivity contribution is -0.141. The first-order chi connectivity index (χ1) is 14.9. The largest absolute Gasteiger partial charge is 0.468 e. The summed E-state index contributed by atoms with van der Waals surface area (Å²) in [6.45, 7) is 2.13. The van der Waals surface area contributed by atoms with Gasteiger partial charge < -0.3 is 14.8 Å². The molecular weight excluding hydrogens is 448 g/mol. The highest BCUT2D eigenvalue weighted by Crippen LogP contribution is 2.35. The van der Waals surface area contributed by atoms with Crippen molar-refractivity contribution < 1.29 is 32.6 Å². The molecular formula is C20H25ClN2O7S. The number of allylic oxidation sites excluding steroid dienone is 1. The number of esters is 1. The summed E-state index contributed by atoms with van der Waals surface area (Å²) in [4.78, 5) is 34.1.